The molecule has 0 bridgehead atoms. The lowest BCUT2D eigenvalue weighted by molar-refractivity contribution is 0.569. The van der Waals surface area contributed by atoms with Crippen molar-refractivity contribution in [2.45, 2.75) is 37.6 Å². The molecule has 1 atom stereocenters. The summed E-state index contributed by atoms with van der Waals surface area (Å²) in [5, 5.41) is 3.02. The van der Waals surface area contributed by atoms with E-state index < -0.39 is 10.0 Å². The van der Waals surface area contributed by atoms with Gasteiger partial charge in [-0.2, -0.15) is 0 Å². The van der Waals surface area contributed by atoms with Crippen LogP contribution in [0.1, 0.15) is 33.2 Å². The molecule has 0 saturated carbocycles. The lowest BCUT2D eigenvalue weighted by Crippen LogP contribution is -2.26. The molecule has 0 fully saturated rings. The average Bonchev–Trinajstić information content (AvgIpc) is 2.96. The van der Waals surface area contributed by atoms with E-state index in [1.807, 2.05) is 40.0 Å². The molecule has 0 aromatic carbocycles. The maximum absolute atomic E-state index is 12.4. The second-order valence-electron chi connectivity index (χ2n) is 4.96. The van der Waals surface area contributed by atoms with Gasteiger partial charge in [-0.15, -0.1) is 22.7 Å². The highest BCUT2D eigenvalue weighted by Gasteiger charge is 2.22. The van der Waals surface area contributed by atoms with Crippen LogP contribution in [0.3, 0.4) is 0 Å². The second-order valence-corrected chi connectivity index (χ2v) is 9.53. The molecular weight excluding hydrogens is 324 g/mol. The Morgan fingerprint density at radius 3 is 2.52 bits per heavy atom. The number of hydrogen-bond acceptors (Lipinski definition) is 5. The van der Waals surface area contributed by atoms with Crippen molar-refractivity contribution in [1.82, 2.24) is 10.0 Å². The molecule has 21 heavy (non-hydrogen) atoms. The topological polar surface area (TPSA) is 58.2 Å². The van der Waals surface area contributed by atoms with Crippen LogP contribution in [0.4, 0.5) is 0 Å². The molecule has 0 aliphatic rings. The van der Waals surface area contributed by atoms with E-state index in [0.29, 0.717) is 10.8 Å². The Kier molecular flexibility index (Phi) is 5.21. The standard InChI is InChI=1S/C14H20N2O2S3/c1-9-7-13(11(3)19-9)10(2)16-21(17,18)14-6-5-12(20-14)8-15-4/h5-7,10,15-16H,8H2,1-4H3. The smallest absolute Gasteiger partial charge is 0.250 e. The number of rotatable bonds is 6. The summed E-state index contributed by atoms with van der Waals surface area (Å²) in [6.07, 6.45) is 0. The molecule has 2 heterocycles. The quantitative estimate of drug-likeness (QED) is 0.846. The van der Waals surface area contributed by atoms with Gasteiger partial charge in [0.2, 0.25) is 0 Å². The number of nitrogens with one attached hydrogen (secondary N) is 2. The molecule has 2 rings (SSSR count). The molecule has 0 saturated heterocycles. The Balaban J connectivity index is 2.18. The largest absolute Gasteiger partial charge is 0.315 e. The minimum Gasteiger partial charge on any atom is -0.315 e. The molecule has 7 heteroatoms. The summed E-state index contributed by atoms with van der Waals surface area (Å²) in [5.74, 6) is 0. The predicted octanol–water partition coefficient (Wildman–Crippen LogP) is 3.19. The first-order chi connectivity index (χ1) is 9.83. The van der Waals surface area contributed by atoms with Crippen LogP contribution in [0.2, 0.25) is 0 Å². The summed E-state index contributed by atoms with van der Waals surface area (Å²) in [4.78, 5) is 3.36. The summed E-state index contributed by atoms with van der Waals surface area (Å²) in [6.45, 7) is 6.62. The molecule has 0 spiro atoms. The highest BCUT2D eigenvalue weighted by atomic mass is 32.2. The number of thiophene rings is 2. The van der Waals surface area contributed by atoms with E-state index in [0.717, 1.165) is 15.3 Å². The van der Waals surface area contributed by atoms with Gasteiger partial charge in [0.1, 0.15) is 4.21 Å². The minimum absolute atomic E-state index is 0.227. The van der Waals surface area contributed by atoms with E-state index in [9.17, 15) is 8.42 Å². The Hall–Kier alpha value is -0.730. The molecule has 2 N–H and O–H groups in total. The number of aryl methyl sites for hydroxylation is 2. The van der Waals surface area contributed by atoms with Gasteiger partial charge in [0.05, 0.1) is 0 Å². The predicted molar refractivity (Wildman–Crippen MR) is 89.6 cm³/mol. The molecule has 116 valence electrons. The lowest BCUT2D eigenvalue weighted by Gasteiger charge is -2.13. The van der Waals surface area contributed by atoms with Crippen LogP contribution in [0.25, 0.3) is 0 Å². The second kappa shape index (κ2) is 6.58. The Labute approximate surface area is 134 Å². The van der Waals surface area contributed by atoms with E-state index in [2.05, 4.69) is 10.0 Å². The highest BCUT2D eigenvalue weighted by Crippen LogP contribution is 2.28. The zero-order chi connectivity index (χ0) is 15.6. The van der Waals surface area contributed by atoms with Gasteiger partial charge in [-0.3, -0.25) is 0 Å². The molecule has 0 aliphatic carbocycles. The van der Waals surface area contributed by atoms with E-state index >= 15 is 0 Å². The fourth-order valence-corrected chi connectivity index (χ4v) is 5.84. The summed E-state index contributed by atoms with van der Waals surface area (Å²) in [5.41, 5.74) is 1.05. The SMILES string of the molecule is CNCc1ccc(S(=O)(=O)NC(C)c2cc(C)sc2C)s1. The molecule has 0 aliphatic heterocycles. The van der Waals surface area contributed by atoms with Gasteiger partial charge in [-0.05, 0) is 51.6 Å². The van der Waals surface area contributed by atoms with E-state index in [1.54, 1.807) is 17.4 Å². The molecular formula is C14H20N2O2S3. The fourth-order valence-electron chi connectivity index (χ4n) is 2.21. The highest BCUT2D eigenvalue weighted by molar-refractivity contribution is 7.91. The van der Waals surface area contributed by atoms with Gasteiger partial charge in [-0.1, -0.05) is 0 Å². The molecule has 2 aromatic heterocycles. The van der Waals surface area contributed by atoms with Gasteiger partial charge in [0.15, 0.2) is 0 Å². The van der Waals surface area contributed by atoms with Gasteiger partial charge in [-0.25, -0.2) is 13.1 Å². The number of hydrogen-bond donors (Lipinski definition) is 2. The van der Waals surface area contributed by atoms with Crippen LogP contribution in [-0.2, 0) is 16.6 Å². The Morgan fingerprint density at radius 2 is 1.95 bits per heavy atom. The van der Waals surface area contributed by atoms with E-state index in [1.165, 1.54) is 16.2 Å². The summed E-state index contributed by atoms with van der Waals surface area (Å²) >= 11 is 2.99. The Bertz CT molecular complexity index is 716. The van der Waals surface area contributed by atoms with Gasteiger partial charge >= 0.3 is 0 Å². The van der Waals surface area contributed by atoms with Crippen LogP contribution in [0.5, 0.6) is 0 Å². The van der Waals surface area contributed by atoms with Gasteiger partial charge < -0.3 is 5.32 Å². The lowest BCUT2D eigenvalue weighted by atomic mass is 10.1. The first-order valence-corrected chi connectivity index (χ1v) is 9.77. The molecule has 2 aromatic rings. The van der Waals surface area contributed by atoms with Crippen molar-refractivity contribution >= 4 is 32.7 Å². The van der Waals surface area contributed by atoms with Gasteiger partial charge in [0, 0.05) is 27.2 Å². The minimum atomic E-state index is -3.47. The third-order valence-corrected chi connectivity index (χ3v) is 7.23. The first-order valence-electron chi connectivity index (χ1n) is 6.66. The monoisotopic (exact) mass is 344 g/mol. The van der Waals surface area contributed by atoms with Crippen molar-refractivity contribution < 1.29 is 8.42 Å². The van der Waals surface area contributed by atoms with Crippen molar-refractivity contribution in [2.24, 2.45) is 0 Å². The maximum atomic E-state index is 12.4. The van der Waals surface area contributed by atoms with Crippen molar-refractivity contribution in [3.8, 4) is 0 Å². The van der Waals surface area contributed by atoms with Crippen LogP contribution in [0.15, 0.2) is 22.4 Å². The molecule has 4 nitrogen and oxygen atoms in total. The third-order valence-electron chi connectivity index (χ3n) is 3.13. The van der Waals surface area contributed by atoms with Crippen LogP contribution >= 0.6 is 22.7 Å². The average molecular weight is 345 g/mol. The fraction of sp³-hybridized carbons (Fsp3) is 0.429. The Morgan fingerprint density at radius 1 is 1.24 bits per heavy atom. The van der Waals surface area contributed by atoms with Crippen LogP contribution in [0, 0.1) is 13.8 Å². The van der Waals surface area contributed by atoms with Gasteiger partial charge in [0.25, 0.3) is 10.0 Å². The van der Waals surface area contributed by atoms with Crippen molar-refractivity contribution in [3.63, 3.8) is 0 Å². The van der Waals surface area contributed by atoms with Crippen LogP contribution < -0.4 is 10.0 Å². The summed E-state index contributed by atoms with van der Waals surface area (Å²) < 4.78 is 28.0. The third kappa shape index (κ3) is 3.92. The van der Waals surface area contributed by atoms with Crippen molar-refractivity contribution in [1.29, 1.82) is 0 Å². The molecule has 0 amide bonds. The van der Waals surface area contributed by atoms with E-state index in [-0.39, 0.29) is 6.04 Å². The summed E-state index contributed by atoms with van der Waals surface area (Å²) in [6, 6.07) is 5.34. The van der Waals surface area contributed by atoms with E-state index in [4.69, 9.17) is 0 Å². The zero-order valence-corrected chi connectivity index (χ0v) is 15.0. The molecule has 0 radical (unpaired) electrons. The summed E-state index contributed by atoms with van der Waals surface area (Å²) in [7, 11) is -1.62. The molecule has 1 unspecified atom stereocenters. The van der Waals surface area contributed by atoms with Crippen LogP contribution in [-0.4, -0.2) is 15.5 Å². The van der Waals surface area contributed by atoms with Crippen molar-refractivity contribution in [2.75, 3.05) is 7.05 Å². The van der Waals surface area contributed by atoms with Crippen molar-refractivity contribution in [3.05, 3.63) is 38.4 Å². The normalized spacial score (nSPS) is 13.5. The zero-order valence-electron chi connectivity index (χ0n) is 12.6. The maximum Gasteiger partial charge on any atom is 0.250 e. The number of sulfonamides is 1. The first kappa shape index (κ1) is 16.6.